The number of carboxylic acid groups (broad SMARTS) is 1. The summed E-state index contributed by atoms with van der Waals surface area (Å²) < 4.78 is 3.17. The molecule has 1 N–H and O–H groups in total. The molecule has 0 aliphatic rings. The molecule has 0 aliphatic heterocycles. The van der Waals surface area contributed by atoms with Gasteiger partial charge in [-0.25, -0.2) is 9.48 Å². The van der Waals surface area contributed by atoms with E-state index in [1.54, 1.807) is 55.5 Å². The molecule has 2 heterocycles. The fourth-order valence-corrected chi connectivity index (χ4v) is 4.58. The van der Waals surface area contributed by atoms with Crippen molar-refractivity contribution in [3.05, 3.63) is 111 Å². The molecule has 2 aromatic carbocycles. The largest absolute Gasteiger partial charge is 0.479 e. The molecule has 0 spiro atoms. The van der Waals surface area contributed by atoms with Crippen LogP contribution in [-0.4, -0.2) is 25.4 Å². The van der Waals surface area contributed by atoms with Crippen LogP contribution in [0.2, 0.25) is 0 Å². The van der Waals surface area contributed by atoms with Gasteiger partial charge in [-0.3, -0.25) is 4.79 Å². The van der Waals surface area contributed by atoms with Gasteiger partial charge in [-0.2, -0.15) is 5.10 Å². The predicted molar refractivity (Wildman–Crippen MR) is 135 cm³/mol. The average molecular weight is 454 g/mol. The van der Waals surface area contributed by atoms with Gasteiger partial charge in [0.15, 0.2) is 6.04 Å². The lowest BCUT2D eigenvalue weighted by molar-refractivity contribution is -0.140. The molecule has 0 aliphatic carbocycles. The van der Waals surface area contributed by atoms with Gasteiger partial charge in [0.05, 0.1) is 5.69 Å². The number of carbonyl (C=O) groups is 1. The summed E-state index contributed by atoms with van der Waals surface area (Å²) >= 11 is 0. The second kappa shape index (κ2) is 9.35. The number of aliphatic carboxylic acids is 1. The van der Waals surface area contributed by atoms with Crippen LogP contribution in [0.15, 0.2) is 72.2 Å². The number of nitrogens with zero attached hydrogens (tertiary/aromatic N) is 3. The van der Waals surface area contributed by atoms with E-state index in [9.17, 15) is 14.7 Å². The number of hydrogen-bond donors (Lipinski definition) is 1. The van der Waals surface area contributed by atoms with Crippen LogP contribution in [-0.2, 0) is 18.3 Å². The normalized spacial score (nSPS) is 13.4. The Hall–Kier alpha value is -4.19. The smallest absolute Gasteiger partial charge is 0.333 e. The third kappa shape index (κ3) is 3.99. The monoisotopic (exact) mass is 453 g/mol. The Labute approximate surface area is 197 Å². The number of aromatic nitrogens is 3. The molecule has 1 atom stereocenters. The van der Waals surface area contributed by atoms with Crippen molar-refractivity contribution in [2.75, 3.05) is 0 Å². The van der Waals surface area contributed by atoms with Crippen molar-refractivity contribution in [3.63, 3.8) is 0 Å². The first-order valence-electron chi connectivity index (χ1n) is 11.1. The lowest BCUT2D eigenvalue weighted by atomic mass is 10.0. The zero-order valence-corrected chi connectivity index (χ0v) is 19.5. The van der Waals surface area contributed by atoms with Gasteiger partial charge >= 0.3 is 5.97 Å². The van der Waals surface area contributed by atoms with Gasteiger partial charge in [0.2, 0.25) is 0 Å². The summed E-state index contributed by atoms with van der Waals surface area (Å²) in [4.78, 5) is 25.8. The first kappa shape index (κ1) is 23.0. The Kier molecular flexibility index (Phi) is 6.32. The van der Waals surface area contributed by atoms with Crippen molar-refractivity contribution in [2.24, 2.45) is 7.05 Å². The van der Waals surface area contributed by atoms with Crippen LogP contribution in [0.4, 0.5) is 0 Å². The first-order chi connectivity index (χ1) is 16.4. The quantitative estimate of drug-likeness (QED) is 0.487. The Bertz CT molecular complexity index is 1580. The predicted octanol–water partition coefficient (Wildman–Crippen LogP) is 3.08. The molecule has 0 saturated heterocycles. The first-order valence-corrected chi connectivity index (χ1v) is 11.1. The zero-order valence-electron chi connectivity index (χ0n) is 19.5. The molecule has 4 rings (SSSR count). The molecule has 34 heavy (non-hydrogen) atoms. The van der Waals surface area contributed by atoms with Gasteiger partial charge in [0, 0.05) is 41.0 Å². The maximum atomic E-state index is 13.4. The van der Waals surface area contributed by atoms with Crippen molar-refractivity contribution in [3.8, 4) is 0 Å². The highest BCUT2D eigenvalue weighted by atomic mass is 16.4. The fourth-order valence-electron chi connectivity index (χ4n) is 4.58. The van der Waals surface area contributed by atoms with E-state index in [4.69, 9.17) is 0 Å². The topological polar surface area (TPSA) is 77.1 Å². The summed E-state index contributed by atoms with van der Waals surface area (Å²) in [6.07, 6.45) is 7.59. The summed E-state index contributed by atoms with van der Waals surface area (Å²) in [5.41, 5.74) is 3.95. The minimum Gasteiger partial charge on any atom is -0.479 e. The van der Waals surface area contributed by atoms with Crippen molar-refractivity contribution in [1.82, 2.24) is 14.3 Å². The van der Waals surface area contributed by atoms with E-state index in [2.05, 4.69) is 41.5 Å². The van der Waals surface area contributed by atoms with Crippen LogP contribution in [0, 0.1) is 6.92 Å². The average Bonchev–Trinajstić information content (AvgIpc) is 3.14. The standard InChI is InChI=1S/C28H27N3O3/c1-5-11-22-21(6-2)27(32)31(26(28(33)34)19-13-8-7-9-14-19)29-23(22)16-20-17-30(4)24-15-10-12-18(3)25(20)24/h5-15,17,26H,1,16H2,2-4H3,(H,33,34)/b21-6+,22-11+. The van der Waals surface area contributed by atoms with Crippen LogP contribution in [0.3, 0.4) is 0 Å². The van der Waals surface area contributed by atoms with E-state index >= 15 is 0 Å². The summed E-state index contributed by atoms with van der Waals surface area (Å²) in [6, 6.07) is 13.6. The van der Waals surface area contributed by atoms with Crippen molar-refractivity contribution in [2.45, 2.75) is 26.3 Å². The molecule has 0 saturated carbocycles. The Morgan fingerprint density at radius 3 is 2.53 bits per heavy atom. The van der Waals surface area contributed by atoms with E-state index in [1.807, 2.05) is 13.1 Å². The Balaban J connectivity index is 2.02. The molecule has 0 amide bonds. The molecule has 1 unspecified atom stereocenters. The minimum atomic E-state index is -1.24. The number of benzene rings is 2. The molecule has 172 valence electrons. The molecular formula is C28H27N3O3. The summed E-state index contributed by atoms with van der Waals surface area (Å²) in [5, 5.41) is 16.9. The van der Waals surface area contributed by atoms with Gasteiger partial charge in [-0.05, 0) is 36.6 Å². The van der Waals surface area contributed by atoms with Crippen LogP contribution in [0.1, 0.15) is 35.3 Å². The lowest BCUT2D eigenvalue weighted by Crippen LogP contribution is -2.50. The number of hydrogen-bond acceptors (Lipinski definition) is 3. The van der Waals surface area contributed by atoms with Crippen molar-refractivity contribution >= 4 is 29.0 Å². The molecule has 4 aromatic rings. The minimum absolute atomic E-state index is 0.407. The van der Waals surface area contributed by atoms with Gasteiger partial charge < -0.3 is 9.67 Å². The van der Waals surface area contributed by atoms with Crippen molar-refractivity contribution < 1.29 is 9.90 Å². The Morgan fingerprint density at radius 2 is 1.88 bits per heavy atom. The van der Waals surface area contributed by atoms with Gasteiger partial charge in [0.25, 0.3) is 5.56 Å². The number of carboxylic acids is 1. The number of aryl methyl sites for hydroxylation is 2. The molecule has 0 fully saturated rings. The maximum absolute atomic E-state index is 13.4. The third-order valence-corrected chi connectivity index (χ3v) is 6.09. The van der Waals surface area contributed by atoms with E-state index in [0.29, 0.717) is 28.1 Å². The van der Waals surface area contributed by atoms with Crippen LogP contribution >= 0.6 is 0 Å². The number of rotatable bonds is 6. The highest BCUT2D eigenvalue weighted by molar-refractivity contribution is 5.87. The second-order valence-electron chi connectivity index (χ2n) is 8.28. The summed E-state index contributed by atoms with van der Waals surface area (Å²) in [7, 11) is 2.00. The highest BCUT2D eigenvalue weighted by Crippen LogP contribution is 2.25. The Morgan fingerprint density at radius 1 is 1.15 bits per heavy atom. The van der Waals surface area contributed by atoms with E-state index in [-0.39, 0.29) is 0 Å². The van der Waals surface area contributed by atoms with E-state index in [1.165, 1.54) is 0 Å². The SMILES string of the molecule is C=C/C=c1/c(Cc2cn(C)c3cccc(C)c23)nn(C(C(=O)O)c2ccccc2)c(=O)/c1=C/C. The molecule has 0 bridgehead atoms. The van der Waals surface area contributed by atoms with E-state index in [0.717, 1.165) is 26.7 Å². The molecule has 2 aromatic heterocycles. The summed E-state index contributed by atoms with van der Waals surface area (Å²) in [6.45, 7) is 7.64. The number of fused-ring (bicyclic) bond motifs is 1. The summed E-state index contributed by atoms with van der Waals surface area (Å²) in [5.74, 6) is -1.14. The van der Waals surface area contributed by atoms with Gasteiger partial charge in [-0.1, -0.05) is 67.3 Å². The second-order valence-corrected chi connectivity index (χ2v) is 8.28. The third-order valence-electron chi connectivity index (χ3n) is 6.09. The van der Waals surface area contributed by atoms with Crippen LogP contribution in [0.25, 0.3) is 23.1 Å². The lowest BCUT2D eigenvalue weighted by Gasteiger charge is -2.17. The van der Waals surface area contributed by atoms with Crippen LogP contribution in [0.5, 0.6) is 0 Å². The van der Waals surface area contributed by atoms with Crippen LogP contribution < -0.4 is 16.0 Å². The van der Waals surface area contributed by atoms with Crippen molar-refractivity contribution in [1.29, 1.82) is 0 Å². The van der Waals surface area contributed by atoms with E-state index < -0.39 is 17.6 Å². The van der Waals surface area contributed by atoms with Gasteiger partial charge in [0.1, 0.15) is 0 Å². The molecular weight excluding hydrogens is 426 g/mol. The zero-order chi connectivity index (χ0) is 24.4. The molecule has 0 radical (unpaired) electrons. The number of allylic oxidation sites excluding steroid dienone is 1. The fraction of sp³-hybridized carbons (Fsp3) is 0.179. The van der Waals surface area contributed by atoms with Gasteiger partial charge in [-0.15, -0.1) is 0 Å². The molecule has 6 nitrogen and oxygen atoms in total. The highest BCUT2D eigenvalue weighted by Gasteiger charge is 2.25. The maximum Gasteiger partial charge on any atom is 0.333 e. The molecule has 6 heteroatoms.